The number of rotatable bonds is 6. The number of imide groups is 1. The average molecular weight is 358 g/mol. The van der Waals surface area contributed by atoms with Crippen LogP contribution in [0.4, 0.5) is 4.79 Å². The van der Waals surface area contributed by atoms with Gasteiger partial charge in [-0.1, -0.05) is 6.07 Å². The Balaban J connectivity index is 2.50. The molecule has 21 heavy (non-hydrogen) atoms. The Morgan fingerprint density at radius 2 is 2.10 bits per heavy atom. The lowest BCUT2D eigenvalue weighted by Gasteiger charge is -2.15. The van der Waals surface area contributed by atoms with Crippen LogP contribution >= 0.6 is 15.9 Å². The summed E-state index contributed by atoms with van der Waals surface area (Å²) in [7, 11) is 1.60. The van der Waals surface area contributed by atoms with Crippen molar-refractivity contribution in [2.45, 2.75) is 19.9 Å². The number of methoxy groups -OCH3 is 1. The van der Waals surface area contributed by atoms with Crippen LogP contribution in [0.1, 0.15) is 25.5 Å². The van der Waals surface area contributed by atoms with Crippen molar-refractivity contribution in [3.8, 4) is 5.75 Å². The van der Waals surface area contributed by atoms with Crippen molar-refractivity contribution in [2.24, 2.45) is 0 Å². The third-order valence-corrected chi connectivity index (χ3v) is 3.45. The van der Waals surface area contributed by atoms with Crippen molar-refractivity contribution in [1.82, 2.24) is 16.0 Å². The first-order chi connectivity index (χ1) is 9.97. The van der Waals surface area contributed by atoms with Gasteiger partial charge in [-0.15, -0.1) is 0 Å². The summed E-state index contributed by atoms with van der Waals surface area (Å²) in [6.45, 7) is 4.25. The fraction of sp³-hybridized carbons (Fsp3) is 0.429. The highest BCUT2D eigenvalue weighted by atomic mass is 79.9. The fourth-order valence-electron chi connectivity index (χ4n) is 1.69. The van der Waals surface area contributed by atoms with Gasteiger partial charge in [0.2, 0.25) is 5.91 Å². The first kappa shape index (κ1) is 17.5. The van der Waals surface area contributed by atoms with Crippen LogP contribution in [0.15, 0.2) is 22.7 Å². The molecule has 0 saturated carbocycles. The molecule has 1 rings (SSSR count). The van der Waals surface area contributed by atoms with Gasteiger partial charge in [0.1, 0.15) is 5.75 Å². The maximum atomic E-state index is 11.6. The minimum Gasteiger partial charge on any atom is -0.496 e. The standard InChI is InChI=1S/C14H20BrN3O3/c1-4-16-14(20)18-13(19)8-17-9(2)10-5-6-12(21-3)11(15)7-10/h5-7,9,17H,4,8H2,1-3H3,(H2,16,18,19,20)/t9-/m0/s1. The van der Waals surface area contributed by atoms with Crippen molar-refractivity contribution < 1.29 is 14.3 Å². The largest absolute Gasteiger partial charge is 0.496 e. The number of amides is 3. The molecule has 0 aliphatic rings. The van der Waals surface area contributed by atoms with Crippen molar-refractivity contribution in [3.05, 3.63) is 28.2 Å². The summed E-state index contributed by atoms with van der Waals surface area (Å²) < 4.78 is 6.02. The van der Waals surface area contributed by atoms with Crippen LogP contribution in [0.25, 0.3) is 0 Å². The van der Waals surface area contributed by atoms with E-state index in [0.717, 1.165) is 15.8 Å². The van der Waals surface area contributed by atoms with Gasteiger partial charge < -0.3 is 15.4 Å². The number of carbonyl (C=O) groups excluding carboxylic acids is 2. The van der Waals surface area contributed by atoms with E-state index in [0.29, 0.717) is 6.54 Å². The molecule has 0 bridgehead atoms. The highest BCUT2D eigenvalue weighted by Gasteiger charge is 2.11. The quantitative estimate of drug-likeness (QED) is 0.726. The third kappa shape index (κ3) is 5.73. The van der Waals surface area contributed by atoms with Crippen LogP contribution in [-0.2, 0) is 4.79 Å². The molecule has 1 aromatic carbocycles. The van der Waals surface area contributed by atoms with Gasteiger partial charge in [-0.25, -0.2) is 4.79 Å². The molecule has 0 fully saturated rings. The van der Waals surface area contributed by atoms with E-state index in [2.05, 4.69) is 31.9 Å². The molecule has 0 heterocycles. The summed E-state index contributed by atoms with van der Waals surface area (Å²) in [5, 5.41) is 7.79. The van der Waals surface area contributed by atoms with E-state index < -0.39 is 6.03 Å². The number of ether oxygens (including phenoxy) is 1. The molecule has 0 aliphatic carbocycles. The first-order valence-electron chi connectivity index (χ1n) is 6.62. The van der Waals surface area contributed by atoms with Crippen molar-refractivity contribution in [2.75, 3.05) is 20.2 Å². The molecule has 0 saturated heterocycles. The third-order valence-electron chi connectivity index (χ3n) is 2.83. The van der Waals surface area contributed by atoms with Gasteiger partial charge >= 0.3 is 6.03 Å². The lowest BCUT2D eigenvalue weighted by molar-refractivity contribution is -0.119. The van der Waals surface area contributed by atoms with Crippen molar-refractivity contribution in [3.63, 3.8) is 0 Å². The van der Waals surface area contributed by atoms with E-state index in [1.807, 2.05) is 25.1 Å². The van der Waals surface area contributed by atoms with Gasteiger partial charge in [0, 0.05) is 12.6 Å². The molecule has 3 N–H and O–H groups in total. The van der Waals surface area contributed by atoms with Crippen LogP contribution in [0.2, 0.25) is 0 Å². The Morgan fingerprint density at radius 1 is 1.38 bits per heavy atom. The van der Waals surface area contributed by atoms with E-state index >= 15 is 0 Å². The van der Waals surface area contributed by atoms with E-state index in [9.17, 15) is 9.59 Å². The molecular formula is C14H20BrN3O3. The smallest absolute Gasteiger partial charge is 0.321 e. The molecule has 0 spiro atoms. The number of carbonyl (C=O) groups is 2. The molecule has 0 aliphatic heterocycles. The van der Waals surface area contributed by atoms with Crippen LogP contribution in [0, 0.1) is 0 Å². The highest BCUT2D eigenvalue weighted by molar-refractivity contribution is 9.10. The topological polar surface area (TPSA) is 79.5 Å². The predicted octanol–water partition coefficient (Wildman–Crippen LogP) is 1.95. The SMILES string of the molecule is CCNC(=O)NC(=O)CN[C@@H](C)c1ccc(OC)c(Br)c1. The number of hydrogen-bond donors (Lipinski definition) is 3. The summed E-state index contributed by atoms with van der Waals surface area (Å²) in [6, 6.07) is 5.18. The minimum absolute atomic E-state index is 0.0350. The second-order valence-corrected chi connectivity index (χ2v) is 5.26. The summed E-state index contributed by atoms with van der Waals surface area (Å²) in [5.41, 5.74) is 1.01. The van der Waals surface area contributed by atoms with Crippen LogP contribution in [0.3, 0.4) is 0 Å². The second kappa shape index (κ2) is 8.63. The number of benzene rings is 1. The Kier molecular flexibility index (Phi) is 7.18. The molecule has 1 aromatic rings. The molecule has 6 nitrogen and oxygen atoms in total. The summed E-state index contributed by atoms with van der Waals surface area (Å²) >= 11 is 3.42. The predicted molar refractivity (Wildman–Crippen MR) is 84.3 cm³/mol. The highest BCUT2D eigenvalue weighted by Crippen LogP contribution is 2.27. The van der Waals surface area contributed by atoms with E-state index in [4.69, 9.17) is 4.74 Å². The van der Waals surface area contributed by atoms with E-state index in [1.54, 1.807) is 14.0 Å². The van der Waals surface area contributed by atoms with Gasteiger partial charge in [-0.2, -0.15) is 0 Å². The lowest BCUT2D eigenvalue weighted by atomic mass is 10.1. The molecule has 0 radical (unpaired) electrons. The monoisotopic (exact) mass is 357 g/mol. The second-order valence-electron chi connectivity index (χ2n) is 4.40. The number of urea groups is 1. The maximum absolute atomic E-state index is 11.6. The number of hydrogen-bond acceptors (Lipinski definition) is 4. The van der Waals surface area contributed by atoms with Crippen molar-refractivity contribution >= 4 is 27.9 Å². The zero-order valence-corrected chi connectivity index (χ0v) is 13.9. The maximum Gasteiger partial charge on any atom is 0.321 e. The lowest BCUT2D eigenvalue weighted by Crippen LogP contribution is -2.43. The Hall–Kier alpha value is -1.60. The van der Waals surface area contributed by atoms with E-state index in [-0.39, 0.29) is 18.5 Å². The van der Waals surface area contributed by atoms with Gasteiger partial charge in [-0.05, 0) is 47.5 Å². The normalized spacial score (nSPS) is 11.6. The minimum atomic E-state index is -0.482. The molecule has 0 unspecified atom stereocenters. The fourth-order valence-corrected chi connectivity index (χ4v) is 2.25. The number of halogens is 1. The van der Waals surface area contributed by atoms with Gasteiger partial charge in [0.25, 0.3) is 0 Å². The summed E-state index contributed by atoms with van der Waals surface area (Å²) in [5.74, 6) is 0.375. The van der Waals surface area contributed by atoms with Gasteiger partial charge in [-0.3, -0.25) is 10.1 Å². The van der Waals surface area contributed by atoms with Crippen LogP contribution in [-0.4, -0.2) is 32.1 Å². The van der Waals surface area contributed by atoms with E-state index in [1.165, 1.54) is 0 Å². The molecule has 3 amide bonds. The van der Waals surface area contributed by atoms with Gasteiger partial charge in [0.05, 0.1) is 18.1 Å². The molecule has 0 aromatic heterocycles. The van der Waals surface area contributed by atoms with Crippen LogP contribution in [0.5, 0.6) is 5.75 Å². The van der Waals surface area contributed by atoms with Gasteiger partial charge in [0.15, 0.2) is 0 Å². The summed E-state index contributed by atoms with van der Waals surface area (Å²) in [4.78, 5) is 22.8. The Morgan fingerprint density at radius 3 is 2.67 bits per heavy atom. The zero-order valence-electron chi connectivity index (χ0n) is 12.3. The molecule has 116 valence electrons. The number of nitrogens with one attached hydrogen (secondary N) is 3. The van der Waals surface area contributed by atoms with Crippen molar-refractivity contribution in [1.29, 1.82) is 0 Å². The van der Waals surface area contributed by atoms with Crippen LogP contribution < -0.4 is 20.7 Å². The zero-order chi connectivity index (χ0) is 15.8. The molecular weight excluding hydrogens is 338 g/mol. The Bertz CT molecular complexity index is 508. The molecule has 1 atom stereocenters. The first-order valence-corrected chi connectivity index (χ1v) is 7.41. The Labute approximate surface area is 132 Å². The summed E-state index contributed by atoms with van der Waals surface area (Å²) in [6.07, 6.45) is 0. The average Bonchev–Trinajstić information content (AvgIpc) is 2.44. The molecule has 7 heteroatoms.